The third kappa shape index (κ3) is 3.91. The first kappa shape index (κ1) is 17.9. The van der Waals surface area contributed by atoms with Crippen LogP contribution in [0.5, 0.6) is 0 Å². The van der Waals surface area contributed by atoms with Crippen molar-refractivity contribution in [2.75, 3.05) is 4.90 Å². The van der Waals surface area contributed by atoms with Crippen LogP contribution in [0.3, 0.4) is 0 Å². The van der Waals surface area contributed by atoms with Crippen molar-refractivity contribution in [1.29, 1.82) is 0 Å². The van der Waals surface area contributed by atoms with Gasteiger partial charge in [0.05, 0.1) is 11.9 Å². The van der Waals surface area contributed by atoms with E-state index < -0.39 is 17.7 Å². The Balaban J connectivity index is 2.56. The number of benzene rings is 1. The number of carbonyl (C=O) groups excluding carboxylic acids is 1. The number of ether oxygens (including phenoxy) is 1. The number of aromatic nitrogens is 1. The monoisotopic (exact) mass is 348 g/mol. The van der Waals surface area contributed by atoms with E-state index in [4.69, 9.17) is 9.84 Å². The Morgan fingerprint density at radius 3 is 2.25 bits per heavy atom. The zero-order valence-electron chi connectivity index (χ0n) is 14.3. The van der Waals surface area contributed by atoms with Crippen LogP contribution < -0.4 is 4.90 Å². The number of rotatable bonds is 3. The summed E-state index contributed by atoms with van der Waals surface area (Å²) < 4.78 is 5.49. The van der Waals surface area contributed by atoms with Gasteiger partial charge < -0.3 is 9.84 Å². The molecule has 24 heavy (non-hydrogen) atoms. The Morgan fingerprint density at radius 2 is 1.79 bits per heavy atom. The highest BCUT2D eigenvalue weighted by atomic mass is 32.1. The second kappa shape index (κ2) is 6.60. The highest BCUT2D eigenvalue weighted by Crippen LogP contribution is 2.35. The smallest absolute Gasteiger partial charge is 0.421 e. The molecule has 0 atom stereocenters. The highest BCUT2D eigenvalue weighted by Gasteiger charge is 2.29. The van der Waals surface area contributed by atoms with Gasteiger partial charge in [-0.05, 0) is 45.7 Å². The van der Waals surface area contributed by atoms with E-state index in [1.165, 1.54) is 11.1 Å². The number of thiazole rings is 1. The number of aryl methyl sites for hydroxylation is 2. The summed E-state index contributed by atoms with van der Waals surface area (Å²) in [6.07, 6.45) is 0.652. The molecule has 1 heterocycles. The molecule has 0 radical (unpaired) electrons. The predicted molar refractivity (Wildman–Crippen MR) is 93.4 cm³/mol. The van der Waals surface area contributed by atoms with Crippen molar-refractivity contribution < 1.29 is 19.4 Å². The van der Waals surface area contributed by atoms with Gasteiger partial charge in [-0.3, -0.25) is 0 Å². The first-order chi connectivity index (χ1) is 11.1. The van der Waals surface area contributed by atoms with Crippen LogP contribution in [0.1, 0.15) is 41.6 Å². The minimum atomic E-state index is -1.08. The zero-order valence-corrected chi connectivity index (χ0v) is 15.1. The molecular formula is C17H20N2O4S. The lowest BCUT2D eigenvalue weighted by Gasteiger charge is -2.27. The maximum absolute atomic E-state index is 12.8. The number of hydrogen-bond acceptors (Lipinski definition) is 5. The maximum Gasteiger partial charge on any atom is 0.421 e. The van der Waals surface area contributed by atoms with Crippen LogP contribution in [-0.2, 0) is 4.74 Å². The molecule has 1 aromatic heterocycles. The molecule has 0 bridgehead atoms. The fraction of sp³-hybridized carbons (Fsp3) is 0.353. The van der Waals surface area contributed by atoms with Gasteiger partial charge in [0.15, 0.2) is 5.13 Å². The lowest BCUT2D eigenvalue weighted by Crippen LogP contribution is -2.34. The fourth-order valence-corrected chi connectivity index (χ4v) is 2.95. The van der Waals surface area contributed by atoms with Gasteiger partial charge in [0.2, 0.25) is 0 Å². The number of carbonyl (C=O) groups is 2. The molecule has 0 aliphatic carbocycles. The standard InChI is InChI=1S/C17H20N2O4S/c1-10-7-6-8-11(2)13(10)19(16(22)23-17(3,4)5)15-18-9-12(24-15)14(20)21/h6-9H,1-5H3,(H,20,21). The van der Waals surface area contributed by atoms with Crippen molar-refractivity contribution in [1.82, 2.24) is 4.98 Å². The second-order valence-corrected chi connectivity index (χ2v) is 7.38. The van der Waals surface area contributed by atoms with Crippen LogP contribution in [0.25, 0.3) is 0 Å². The Bertz CT molecular complexity index is 757. The Labute approximate surface area is 144 Å². The highest BCUT2D eigenvalue weighted by molar-refractivity contribution is 7.17. The predicted octanol–water partition coefficient (Wildman–Crippen LogP) is 4.53. The molecule has 1 amide bonds. The molecule has 2 aromatic rings. The molecule has 0 saturated heterocycles. The van der Waals surface area contributed by atoms with Crippen LogP contribution in [-0.4, -0.2) is 27.8 Å². The van der Waals surface area contributed by atoms with Crippen molar-refractivity contribution in [3.8, 4) is 0 Å². The normalized spacial score (nSPS) is 11.2. The van der Waals surface area contributed by atoms with E-state index in [0.29, 0.717) is 5.69 Å². The first-order valence-corrected chi connectivity index (χ1v) is 8.20. The van der Waals surface area contributed by atoms with Crippen molar-refractivity contribution in [3.05, 3.63) is 40.4 Å². The summed E-state index contributed by atoms with van der Waals surface area (Å²) >= 11 is 0.930. The van der Waals surface area contributed by atoms with Gasteiger partial charge in [-0.2, -0.15) is 0 Å². The quantitative estimate of drug-likeness (QED) is 0.881. The summed E-state index contributed by atoms with van der Waals surface area (Å²) in [7, 11) is 0. The SMILES string of the molecule is Cc1cccc(C)c1N(C(=O)OC(C)(C)C)c1ncc(C(=O)O)s1. The third-order valence-corrected chi connectivity index (χ3v) is 4.11. The minimum absolute atomic E-state index is 0.0600. The van der Waals surface area contributed by atoms with Crippen molar-refractivity contribution >= 4 is 34.2 Å². The molecular weight excluding hydrogens is 328 g/mol. The second-order valence-electron chi connectivity index (χ2n) is 6.37. The molecule has 0 spiro atoms. The number of para-hydroxylation sites is 1. The Hall–Kier alpha value is -2.41. The van der Waals surface area contributed by atoms with Crippen molar-refractivity contribution in [3.63, 3.8) is 0 Å². The van der Waals surface area contributed by atoms with Gasteiger partial charge >= 0.3 is 12.1 Å². The number of amides is 1. The van der Waals surface area contributed by atoms with E-state index in [1.807, 2.05) is 32.0 Å². The van der Waals surface area contributed by atoms with Crippen LogP contribution in [0, 0.1) is 13.8 Å². The van der Waals surface area contributed by atoms with Gasteiger partial charge in [-0.15, -0.1) is 0 Å². The largest absolute Gasteiger partial charge is 0.477 e. The Kier molecular flexibility index (Phi) is 4.94. The van der Waals surface area contributed by atoms with Gasteiger partial charge in [0.1, 0.15) is 10.5 Å². The summed E-state index contributed by atoms with van der Waals surface area (Å²) in [5.41, 5.74) is 1.71. The Morgan fingerprint density at radius 1 is 1.21 bits per heavy atom. The minimum Gasteiger partial charge on any atom is -0.477 e. The molecule has 6 nitrogen and oxygen atoms in total. The van der Waals surface area contributed by atoms with Crippen LogP contribution in [0.2, 0.25) is 0 Å². The number of nitrogens with zero attached hydrogens (tertiary/aromatic N) is 2. The van der Waals surface area contributed by atoms with E-state index in [2.05, 4.69) is 4.98 Å². The molecule has 0 aliphatic rings. The zero-order chi connectivity index (χ0) is 18.1. The molecule has 128 valence electrons. The molecule has 1 N–H and O–H groups in total. The van der Waals surface area contributed by atoms with Gasteiger partial charge in [0, 0.05) is 0 Å². The maximum atomic E-state index is 12.8. The fourth-order valence-electron chi connectivity index (χ4n) is 2.20. The van der Waals surface area contributed by atoms with E-state index in [9.17, 15) is 9.59 Å². The van der Waals surface area contributed by atoms with E-state index in [0.717, 1.165) is 22.5 Å². The van der Waals surface area contributed by atoms with Crippen molar-refractivity contribution in [2.45, 2.75) is 40.2 Å². The molecule has 0 aliphatic heterocycles. The van der Waals surface area contributed by atoms with Crippen LogP contribution >= 0.6 is 11.3 Å². The lowest BCUT2D eigenvalue weighted by atomic mass is 10.1. The summed E-state index contributed by atoms with van der Waals surface area (Å²) in [6, 6.07) is 5.66. The van der Waals surface area contributed by atoms with Gasteiger partial charge in [-0.1, -0.05) is 29.5 Å². The number of anilines is 2. The van der Waals surface area contributed by atoms with Crippen LogP contribution in [0.15, 0.2) is 24.4 Å². The van der Waals surface area contributed by atoms with Crippen LogP contribution in [0.4, 0.5) is 15.6 Å². The van der Waals surface area contributed by atoms with E-state index in [-0.39, 0.29) is 10.0 Å². The van der Waals surface area contributed by atoms with E-state index in [1.54, 1.807) is 20.8 Å². The number of hydrogen-bond donors (Lipinski definition) is 1. The topological polar surface area (TPSA) is 79.7 Å². The summed E-state index contributed by atoms with van der Waals surface area (Å²) in [6.45, 7) is 9.09. The van der Waals surface area contributed by atoms with Gasteiger partial charge in [0.25, 0.3) is 0 Å². The number of carboxylic acid groups (broad SMARTS) is 1. The molecule has 1 aromatic carbocycles. The van der Waals surface area contributed by atoms with E-state index >= 15 is 0 Å². The summed E-state index contributed by atoms with van der Waals surface area (Å²) in [5, 5.41) is 9.38. The molecule has 2 rings (SSSR count). The number of aromatic carboxylic acids is 1. The molecule has 0 unspecified atom stereocenters. The lowest BCUT2D eigenvalue weighted by molar-refractivity contribution is 0.0597. The van der Waals surface area contributed by atoms with Gasteiger partial charge in [-0.25, -0.2) is 19.5 Å². The molecule has 0 fully saturated rings. The third-order valence-electron chi connectivity index (χ3n) is 3.13. The average Bonchev–Trinajstić information content (AvgIpc) is 2.90. The van der Waals surface area contributed by atoms with Crippen molar-refractivity contribution in [2.24, 2.45) is 0 Å². The summed E-state index contributed by atoms with van der Waals surface area (Å²) in [5.74, 6) is -1.08. The summed E-state index contributed by atoms with van der Waals surface area (Å²) in [4.78, 5) is 29.4. The molecule has 7 heteroatoms. The first-order valence-electron chi connectivity index (χ1n) is 7.38. The molecule has 0 saturated carbocycles. The number of carboxylic acids is 1. The average molecular weight is 348 g/mol.